The summed E-state index contributed by atoms with van der Waals surface area (Å²) >= 11 is 0. The number of amides is 2. The van der Waals surface area contributed by atoms with Gasteiger partial charge in [-0.1, -0.05) is 17.7 Å². The number of hydrogen-bond acceptors (Lipinski definition) is 3. The van der Waals surface area contributed by atoms with Crippen LogP contribution in [-0.2, 0) is 4.79 Å². The first-order chi connectivity index (χ1) is 11.6. The van der Waals surface area contributed by atoms with E-state index in [0.29, 0.717) is 18.5 Å². The zero-order valence-electron chi connectivity index (χ0n) is 14.0. The molecule has 2 amide bonds. The molecule has 0 unspecified atom stereocenters. The quantitative estimate of drug-likeness (QED) is 0.904. The van der Waals surface area contributed by atoms with Crippen LogP contribution >= 0.6 is 0 Å². The topological polar surface area (TPSA) is 76.0 Å². The Morgan fingerprint density at radius 3 is 2.75 bits per heavy atom. The van der Waals surface area contributed by atoms with Gasteiger partial charge in [-0.05, 0) is 45.2 Å². The highest BCUT2D eigenvalue weighted by Gasteiger charge is 2.24. The summed E-state index contributed by atoms with van der Waals surface area (Å²) in [7, 11) is 0. The molecular formula is C18H22N4O2. The van der Waals surface area contributed by atoms with Crippen molar-refractivity contribution in [2.24, 2.45) is 0 Å². The third-order valence-electron chi connectivity index (χ3n) is 4.37. The highest BCUT2D eigenvalue weighted by atomic mass is 16.2. The van der Waals surface area contributed by atoms with Gasteiger partial charge in [0.25, 0.3) is 5.91 Å². The molecule has 0 saturated carbocycles. The Hall–Kier alpha value is -2.63. The summed E-state index contributed by atoms with van der Waals surface area (Å²) in [5.74, 6) is -0.364. The smallest absolute Gasteiger partial charge is 0.255 e. The molecule has 1 aliphatic heterocycles. The standard InChI is InChI=1S/C18H22N4O2/c1-12-6-8-14(9-7-12)22-13(2)15(11-20-22)17(23)21-16-5-3-4-10-19-18(16)24/h6-9,11,16H,3-5,10H2,1-2H3,(H,19,24)(H,21,23)/t16-/m1/s1. The van der Waals surface area contributed by atoms with Gasteiger partial charge in [-0.25, -0.2) is 4.68 Å². The number of rotatable bonds is 3. The molecule has 1 atom stereocenters. The molecule has 24 heavy (non-hydrogen) atoms. The van der Waals surface area contributed by atoms with E-state index in [-0.39, 0.29) is 11.8 Å². The zero-order chi connectivity index (χ0) is 17.1. The minimum absolute atomic E-state index is 0.107. The van der Waals surface area contributed by atoms with E-state index >= 15 is 0 Å². The largest absolute Gasteiger partial charge is 0.354 e. The van der Waals surface area contributed by atoms with Crippen LogP contribution in [0.5, 0.6) is 0 Å². The molecule has 1 fully saturated rings. The van der Waals surface area contributed by atoms with E-state index in [9.17, 15) is 9.59 Å². The second-order valence-electron chi connectivity index (χ2n) is 6.20. The predicted octanol–water partition coefficient (Wildman–Crippen LogP) is 1.89. The van der Waals surface area contributed by atoms with Gasteiger partial charge in [-0.15, -0.1) is 0 Å². The number of carbonyl (C=O) groups is 2. The van der Waals surface area contributed by atoms with E-state index in [1.165, 1.54) is 5.56 Å². The summed E-state index contributed by atoms with van der Waals surface area (Å²) in [5, 5.41) is 9.99. The highest BCUT2D eigenvalue weighted by molar-refractivity contribution is 5.98. The van der Waals surface area contributed by atoms with Gasteiger partial charge in [-0.2, -0.15) is 5.10 Å². The first kappa shape index (κ1) is 16.2. The number of nitrogens with zero attached hydrogens (tertiary/aromatic N) is 2. The fourth-order valence-electron chi connectivity index (χ4n) is 2.89. The maximum Gasteiger partial charge on any atom is 0.255 e. The molecule has 0 bridgehead atoms. The van der Waals surface area contributed by atoms with Gasteiger partial charge in [0.2, 0.25) is 5.91 Å². The van der Waals surface area contributed by atoms with Crippen molar-refractivity contribution < 1.29 is 9.59 Å². The van der Waals surface area contributed by atoms with Gasteiger partial charge >= 0.3 is 0 Å². The number of nitrogens with one attached hydrogen (secondary N) is 2. The average molecular weight is 326 g/mol. The van der Waals surface area contributed by atoms with E-state index in [1.54, 1.807) is 10.9 Å². The summed E-state index contributed by atoms with van der Waals surface area (Å²) in [5.41, 5.74) is 3.32. The average Bonchev–Trinajstić information content (AvgIpc) is 2.84. The number of aryl methyl sites for hydroxylation is 1. The Labute approximate surface area is 141 Å². The fraction of sp³-hybridized carbons (Fsp3) is 0.389. The van der Waals surface area contributed by atoms with Crippen molar-refractivity contribution in [1.82, 2.24) is 20.4 Å². The monoisotopic (exact) mass is 326 g/mol. The fourth-order valence-corrected chi connectivity index (χ4v) is 2.89. The lowest BCUT2D eigenvalue weighted by Gasteiger charge is -2.15. The van der Waals surface area contributed by atoms with E-state index in [4.69, 9.17) is 0 Å². The Balaban J connectivity index is 1.78. The van der Waals surface area contributed by atoms with Crippen LogP contribution in [-0.4, -0.2) is 34.2 Å². The van der Waals surface area contributed by atoms with Crippen molar-refractivity contribution in [2.45, 2.75) is 39.2 Å². The normalized spacial score (nSPS) is 17.9. The van der Waals surface area contributed by atoms with Gasteiger partial charge in [0.15, 0.2) is 0 Å². The molecular weight excluding hydrogens is 304 g/mol. The lowest BCUT2D eigenvalue weighted by atomic mass is 10.1. The van der Waals surface area contributed by atoms with Crippen molar-refractivity contribution in [2.75, 3.05) is 6.54 Å². The molecule has 1 saturated heterocycles. The van der Waals surface area contributed by atoms with Crippen molar-refractivity contribution >= 4 is 11.8 Å². The van der Waals surface area contributed by atoms with Crippen molar-refractivity contribution in [3.8, 4) is 5.69 Å². The Morgan fingerprint density at radius 2 is 2.00 bits per heavy atom. The first-order valence-electron chi connectivity index (χ1n) is 8.26. The Bertz CT molecular complexity index is 749. The van der Waals surface area contributed by atoms with E-state index in [1.807, 2.05) is 38.1 Å². The van der Waals surface area contributed by atoms with Crippen LogP contribution in [0, 0.1) is 13.8 Å². The van der Waals surface area contributed by atoms with Gasteiger partial charge in [-0.3, -0.25) is 9.59 Å². The number of benzene rings is 1. The predicted molar refractivity (Wildman–Crippen MR) is 91.2 cm³/mol. The maximum atomic E-state index is 12.5. The molecule has 6 nitrogen and oxygen atoms in total. The molecule has 1 aromatic carbocycles. The zero-order valence-corrected chi connectivity index (χ0v) is 14.0. The second kappa shape index (κ2) is 6.86. The molecule has 1 aliphatic rings. The summed E-state index contributed by atoms with van der Waals surface area (Å²) in [4.78, 5) is 24.5. The number of hydrogen-bond donors (Lipinski definition) is 2. The van der Waals surface area contributed by atoms with Gasteiger partial charge in [0.1, 0.15) is 6.04 Å². The van der Waals surface area contributed by atoms with Crippen LogP contribution in [0.25, 0.3) is 5.69 Å². The summed E-state index contributed by atoms with van der Waals surface area (Å²) < 4.78 is 1.74. The summed E-state index contributed by atoms with van der Waals surface area (Å²) in [6.07, 6.45) is 4.09. The van der Waals surface area contributed by atoms with Crippen LogP contribution in [0.4, 0.5) is 0 Å². The van der Waals surface area contributed by atoms with Crippen LogP contribution in [0.15, 0.2) is 30.5 Å². The van der Waals surface area contributed by atoms with Crippen molar-refractivity contribution in [3.05, 3.63) is 47.3 Å². The molecule has 2 heterocycles. The minimum atomic E-state index is -0.470. The third-order valence-corrected chi connectivity index (χ3v) is 4.37. The Morgan fingerprint density at radius 1 is 1.25 bits per heavy atom. The van der Waals surface area contributed by atoms with Crippen molar-refractivity contribution in [3.63, 3.8) is 0 Å². The SMILES string of the molecule is Cc1ccc(-n2ncc(C(=O)N[C@@H]3CCCCNC3=O)c2C)cc1. The van der Waals surface area contributed by atoms with Crippen LogP contribution in [0.2, 0.25) is 0 Å². The van der Waals surface area contributed by atoms with Crippen molar-refractivity contribution in [1.29, 1.82) is 0 Å². The highest BCUT2D eigenvalue weighted by Crippen LogP contribution is 2.15. The molecule has 126 valence electrons. The molecule has 3 rings (SSSR count). The molecule has 1 aromatic heterocycles. The van der Waals surface area contributed by atoms with Gasteiger partial charge < -0.3 is 10.6 Å². The van der Waals surface area contributed by atoms with Crippen LogP contribution in [0.1, 0.15) is 40.9 Å². The molecule has 0 aliphatic carbocycles. The molecule has 0 spiro atoms. The van der Waals surface area contributed by atoms with Gasteiger partial charge in [0.05, 0.1) is 23.1 Å². The number of aromatic nitrogens is 2. The van der Waals surface area contributed by atoms with Crippen LogP contribution < -0.4 is 10.6 Å². The Kier molecular flexibility index (Phi) is 4.64. The summed E-state index contributed by atoms with van der Waals surface area (Å²) in [6.45, 7) is 4.56. The molecule has 0 radical (unpaired) electrons. The van der Waals surface area contributed by atoms with Crippen LogP contribution in [0.3, 0.4) is 0 Å². The number of carbonyl (C=O) groups excluding carboxylic acids is 2. The van der Waals surface area contributed by atoms with E-state index < -0.39 is 6.04 Å². The third kappa shape index (κ3) is 3.32. The minimum Gasteiger partial charge on any atom is -0.354 e. The molecule has 2 aromatic rings. The lowest BCUT2D eigenvalue weighted by molar-refractivity contribution is -0.122. The maximum absolute atomic E-state index is 12.5. The van der Waals surface area contributed by atoms with E-state index in [0.717, 1.165) is 24.2 Å². The summed E-state index contributed by atoms with van der Waals surface area (Å²) in [6, 6.07) is 7.48. The second-order valence-corrected chi connectivity index (χ2v) is 6.20. The lowest BCUT2D eigenvalue weighted by Crippen LogP contribution is -2.45. The molecule has 6 heteroatoms. The molecule has 2 N–H and O–H groups in total. The first-order valence-corrected chi connectivity index (χ1v) is 8.26. The van der Waals surface area contributed by atoms with Gasteiger partial charge in [0, 0.05) is 6.54 Å². The van der Waals surface area contributed by atoms with E-state index in [2.05, 4.69) is 15.7 Å².